The minimum Gasteiger partial charge on any atom is -0.306 e. The summed E-state index contributed by atoms with van der Waals surface area (Å²) in [4.78, 5) is 0. The van der Waals surface area contributed by atoms with Crippen LogP contribution >= 0.6 is 27.5 Å². The average Bonchev–Trinajstić information content (AvgIpc) is 2.47. The summed E-state index contributed by atoms with van der Waals surface area (Å²) in [7, 11) is 0. The summed E-state index contributed by atoms with van der Waals surface area (Å²) in [6.45, 7) is 5.18. The lowest BCUT2D eigenvalue weighted by Crippen LogP contribution is -2.22. The second-order valence-electron chi connectivity index (χ2n) is 4.76. The van der Waals surface area contributed by atoms with Gasteiger partial charge in [-0.1, -0.05) is 65.6 Å². The van der Waals surface area contributed by atoms with E-state index in [1.54, 1.807) is 0 Å². The predicted molar refractivity (Wildman–Crippen MR) is 90.5 cm³/mol. The third kappa shape index (κ3) is 3.63. The SMILES string of the molecule is CCNC(c1cccc(CC)c1)c1cc(Br)ccc1Cl. The summed E-state index contributed by atoms with van der Waals surface area (Å²) >= 11 is 9.92. The van der Waals surface area contributed by atoms with Crippen LogP contribution in [0.3, 0.4) is 0 Å². The Morgan fingerprint density at radius 2 is 1.95 bits per heavy atom. The summed E-state index contributed by atoms with van der Waals surface area (Å²) in [6, 6.07) is 14.8. The van der Waals surface area contributed by atoms with Crippen LogP contribution in [0.2, 0.25) is 5.02 Å². The number of hydrogen-bond donors (Lipinski definition) is 1. The molecule has 106 valence electrons. The van der Waals surface area contributed by atoms with Crippen LogP contribution < -0.4 is 5.32 Å². The quantitative estimate of drug-likeness (QED) is 0.763. The first kappa shape index (κ1) is 15.6. The second-order valence-corrected chi connectivity index (χ2v) is 6.08. The van der Waals surface area contributed by atoms with Crippen LogP contribution in [0.5, 0.6) is 0 Å². The van der Waals surface area contributed by atoms with Gasteiger partial charge in [-0.25, -0.2) is 0 Å². The van der Waals surface area contributed by atoms with Gasteiger partial charge in [-0.3, -0.25) is 0 Å². The molecule has 0 aliphatic rings. The largest absolute Gasteiger partial charge is 0.306 e. The van der Waals surface area contributed by atoms with E-state index in [0.29, 0.717) is 0 Å². The molecule has 0 spiro atoms. The molecule has 1 atom stereocenters. The Labute approximate surface area is 134 Å². The van der Waals surface area contributed by atoms with Crippen LogP contribution in [0.1, 0.15) is 36.6 Å². The third-order valence-corrected chi connectivity index (χ3v) is 4.21. The molecule has 0 aliphatic carbocycles. The molecule has 1 nitrogen and oxygen atoms in total. The fraction of sp³-hybridized carbons (Fsp3) is 0.294. The lowest BCUT2D eigenvalue weighted by atomic mass is 9.96. The first-order chi connectivity index (χ1) is 9.65. The Balaban J connectivity index is 2.46. The first-order valence-electron chi connectivity index (χ1n) is 6.92. The lowest BCUT2D eigenvalue weighted by molar-refractivity contribution is 0.630. The van der Waals surface area contributed by atoms with E-state index in [2.05, 4.69) is 65.4 Å². The van der Waals surface area contributed by atoms with Gasteiger partial charge in [0, 0.05) is 9.50 Å². The van der Waals surface area contributed by atoms with Crippen LogP contribution in [0.4, 0.5) is 0 Å². The van der Waals surface area contributed by atoms with Gasteiger partial charge in [-0.15, -0.1) is 0 Å². The molecule has 2 aromatic carbocycles. The predicted octanol–water partition coefficient (Wildman–Crippen LogP) is 5.36. The Bertz CT molecular complexity index is 583. The molecule has 2 rings (SSSR count). The van der Waals surface area contributed by atoms with Crippen molar-refractivity contribution in [2.45, 2.75) is 26.3 Å². The van der Waals surface area contributed by atoms with Crippen LogP contribution in [-0.2, 0) is 6.42 Å². The van der Waals surface area contributed by atoms with E-state index < -0.39 is 0 Å². The zero-order valence-corrected chi connectivity index (χ0v) is 14.1. The normalized spacial score (nSPS) is 12.4. The first-order valence-corrected chi connectivity index (χ1v) is 8.10. The smallest absolute Gasteiger partial charge is 0.0591 e. The van der Waals surface area contributed by atoms with E-state index in [4.69, 9.17) is 11.6 Å². The van der Waals surface area contributed by atoms with Crippen molar-refractivity contribution in [1.82, 2.24) is 5.32 Å². The third-order valence-electron chi connectivity index (χ3n) is 3.37. The maximum Gasteiger partial charge on any atom is 0.0591 e. The van der Waals surface area contributed by atoms with Crippen molar-refractivity contribution in [1.29, 1.82) is 0 Å². The Kier molecular flexibility index (Phi) is 5.64. The number of aryl methyl sites for hydroxylation is 1. The Hall–Kier alpha value is -0.830. The molecule has 3 heteroatoms. The van der Waals surface area contributed by atoms with E-state index in [1.165, 1.54) is 11.1 Å². The van der Waals surface area contributed by atoms with E-state index in [0.717, 1.165) is 28.0 Å². The minimum atomic E-state index is 0.122. The van der Waals surface area contributed by atoms with Gasteiger partial charge in [0.15, 0.2) is 0 Å². The van der Waals surface area contributed by atoms with Crippen molar-refractivity contribution in [3.63, 3.8) is 0 Å². The fourth-order valence-electron chi connectivity index (χ4n) is 2.34. The summed E-state index contributed by atoms with van der Waals surface area (Å²) in [5.74, 6) is 0. The molecule has 0 amide bonds. The molecule has 0 heterocycles. The van der Waals surface area contributed by atoms with Crippen molar-refractivity contribution < 1.29 is 0 Å². The van der Waals surface area contributed by atoms with Gasteiger partial charge in [-0.05, 0) is 47.9 Å². The van der Waals surface area contributed by atoms with Crippen molar-refractivity contribution in [3.8, 4) is 0 Å². The molecule has 0 aliphatic heterocycles. The van der Waals surface area contributed by atoms with E-state index in [1.807, 2.05) is 12.1 Å². The van der Waals surface area contributed by atoms with Gasteiger partial charge >= 0.3 is 0 Å². The van der Waals surface area contributed by atoms with Crippen molar-refractivity contribution in [3.05, 3.63) is 68.7 Å². The summed E-state index contributed by atoms with van der Waals surface area (Å²) in [5, 5.41) is 4.32. The maximum absolute atomic E-state index is 6.39. The van der Waals surface area contributed by atoms with E-state index >= 15 is 0 Å². The van der Waals surface area contributed by atoms with Crippen LogP contribution in [0.15, 0.2) is 46.9 Å². The van der Waals surface area contributed by atoms with Gasteiger partial charge in [-0.2, -0.15) is 0 Å². The van der Waals surface area contributed by atoms with Gasteiger partial charge in [0.2, 0.25) is 0 Å². The van der Waals surface area contributed by atoms with Gasteiger partial charge < -0.3 is 5.32 Å². The molecule has 1 N–H and O–H groups in total. The summed E-state index contributed by atoms with van der Waals surface area (Å²) in [5.41, 5.74) is 3.71. The Morgan fingerprint density at radius 1 is 1.15 bits per heavy atom. The van der Waals surface area contributed by atoms with E-state index in [-0.39, 0.29) is 6.04 Å². The number of hydrogen-bond acceptors (Lipinski definition) is 1. The van der Waals surface area contributed by atoms with Crippen molar-refractivity contribution in [2.24, 2.45) is 0 Å². The molecule has 0 radical (unpaired) electrons. The molecule has 0 saturated carbocycles. The monoisotopic (exact) mass is 351 g/mol. The van der Waals surface area contributed by atoms with Gasteiger partial charge in [0.05, 0.1) is 6.04 Å². The van der Waals surface area contributed by atoms with Gasteiger partial charge in [0.1, 0.15) is 0 Å². The van der Waals surface area contributed by atoms with Gasteiger partial charge in [0.25, 0.3) is 0 Å². The highest BCUT2D eigenvalue weighted by Crippen LogP contribution is 2.31. The summed E-state index contributed by atoms with van der Waals surface area (Å²) in [6.07, 6.45) is 1.04. The number of halogens is 2. The van der Waals surface area contributed by atoms with E-state index in [9.17, 15) is 0 Å². The lowest BCUT2D eigenvalue weighted by Gasteiger charge is -2.21. The zero-order valence-electron chi connectivity index (χ0n) is 11.8. The van der Waals surface area contributed by atoms with Crippen LogP contribution in [-0.4, -0.2) is 6.54 Å². The number of nitrogens with one attached hydrogen (secondary N) is 1. The van der Waals surface area contributed by atoms with Crippen LogP contribution in [0, 0.1) is 0 Å². The molecule has 1 unspecified atom stereocenters. The second kappa shape index (κ2) is 7.26. The molecular weight excluding hydrogens is 334 g/mol. The Morgan fingerprint density at radius 3 is 2.65 bits per heavy atom. The molecule has 0 saturated heterocycles. The highest BCUT2D eigenvalue weighted by atomic mass is 79.9. The molecule has 20 heavy (non-hydrogen) atoms. The molecule has 0 fully saturated rings. The fourth-order valence-corrected chi connectivity index (χ4v) is 2.95. The van der Waals surface area contributed by atoms with Crippen molar-refractivity contribution >= 4 is 27.5 Å². The number of benzene rings is 2. The highest BCUT2D eigenvalue weighted by Gasteiger charge is 2.16. The molecule has 0 aromatic heterocycles. The van der Waals surface area contributed by atoms with Crippen LogP contribution in [0.25, 0.3) is 0 Å². The topological polar surface area (TPSA) is 12.0 Å². The minimum absolute atomic E-state index is 0.122. The highest BCUT2D eigenvalue weighted by molar-refractivity contribution is 9.10. The molecular formula is C17H19BrClN. The standard InChI is InChI=1S/C17H19BrClN/c1-3-12-6-5-7-13(10-12)17(20-4-2)15-11-14(18)8-9-16(15)19/h5-11,17,20H,3-4H2,1-2H3. The maximum atomic E-state index is 6.39. The molecule has 0 bridgehead atoms. The molecule has 2 aromatic rings. The average molecular weight is 353 g/mol. The summed E-state index contributed by atoms with van der Waals surface area (Å²) < 4.78 is 1.05. The van der Waals surface area contributed by atoms with Crippen molar-refractivity contribution in [2.75, 3.05) is 6.54 Å². The zero-order chi connectivity index (χ0) is 14.5. The number of rotatable bonds is 5.